The van der Waals surface area contributed by atoms with Gasteiger partial charge in [-0.05, 0) is 65.0 Å². The lowest BCUT2D eigenvalue weighted by molar-refractivity contribution is 0.669. The second-order valence-electron chi connectivity index (χ2n) is 13.0. The Morgan fingerprint density at radius 1 is 0.442 bits per heavy atom. The molecular weight excluding hydrogens is 635 g/mol. The maximum atomic E-state index is 6.76. The predicted molar refractivity (Wildman–Crippen MR) is 215 cm³/mol. The molecule has 0 saturated heterocycles. The molecule has 0 fully saturated rings. The van der Waals surface area contributed by atoms with Crippen molar-refractivity contribution < 1.29 is 4.42 Å². The van der Waals surface area contributed by atoms with E-state index in [2.05, 4.69) is 150 Å². The van der Waals surface area contributed by atoms with Crippen LogP contribution in [-0.2, 0) is 0 Å². The lowest BCUT2D eigenvalue weighted by atomic mass is 9.95. The van der Waals surface area contributed by atoms with Crippen molar-refractivity contribution in [1.29, 1.82) is 0 Å². The summed E-state index contributed by atoms with van der Waals surface area (Å²) in [5, 5.41) is 4.34. The normalized spacial score (nSPS) is 11.5. The zero-order valence-corrected chi connectivity index (χ0v) is 28.1. The first-order valence-electron chi connectivity index (χ1n) is 17.5. The fraction of sp³-hybridized carbons (Fsp3) is 0. The van der Waals surface area contributed by atoms with E-state index < -0.39 is 0 Å². The van der Waals surface area contributed by atoms with Crippen molar-refractivity contribution in [2.45, 2.75) is 0 Å². The molecule has 0 aliphatic heterocycles. The maximum absolute atomic E-state index is 6.76. The minimum atomic E-state index is 0.844. The first-order valence-corrected chi connectivity index (χ1v) is 17.5. The quantitative estimate of drug-likeness (QED) is 0.166. The van der Waals surface area contributed by atoms with Crippen LogP contribution < -0.4 is 4.90 Å². The molecule has 0 saturated carbocycles. The minimum absolute atomic E-state index is 0.844. The largest absolute Gasteiger partial charge is 0.454 e. The molecule has 10 aromatic rings. The molecule has 0 amide bonds. The summed E-state index contributed by atoms with van der Waals surface area (Å²) in [6.45, 7) is 0. The lowest BCUT2D eigenvalue weighted by Crippen LogP contribution is -2.10. The molecule has 0 N–H and O–H groups in total. The second kappa shape index (κ2) is 12.4. The van der Waals surface area contributed by atoms with E-state index in [1.54, 1.807) is 0 Å². The Morgan fingerprint density at radius 2 is 1.04 bits per heavy atom. The van der Waals surface area contributed by atoms with Crippen LogP contribution in [0.25, 0.3) is 77.4 Å². The molecule has 8 aromatic carbocycles. The van der Waals surface area contributed by atoms with Crippen molar-refractivity contribution in [2.24, 2.45) is 0 Å². The number of hydrogen-bond donors (Lipinski definition) is 0. The SMILES string of the molecule is c1ccc(-c2nc3ccc4cc(-c5ccc(N(c6ccccc6)c6ccccc6)c6oc7ccccc7c56)ccc4c3nc2-c2ccccc2)cc1. The van der Waals surface area contributed by atoms with Crippen LogP contribution >= 0.6 is 0 Å². The van der Waals surface area contributed by atoms with Crippen molar-refractivity contribution in [3.63, 3.8) is 0 Å². The zero-order chi connectivity index (χ0) is 34.4. The number of para-hydroxylation sites is 3. The summed E-state index contributed by atoms with van der Waals surface area (Å²) in [6.07, 6.45) is 0. The van der Waals surface area contributed by atoms with Gasteiger partial charge in [-0.3, -0.25) is 0 Å². The summed E-state index contributed by atoms with van der Waals surface area (Å²) in [6, 6.07) is 65.3. The van der Waals surface area contributed by atoms with Crippen LogP contribution in [0.5, 0.6) is 0 Å². The molecule has 0 aliphatic carbocycles. The van der Waals surface area contributed by atoms with E-state index in [9.17, 15) is 0 Å². The monoisotopic (exact) mass is 665 g/mol. The van der Waals surface area contributed by atoms with Gasteiger partial charge in [-0.2, -0.15) is 0 Å². The van der Waals surface area contributed by atoms with Crippen molar-refractivity contribution in [2.75, 3.05) is 4.90 Å². The van der Waals surface area contributed by atoms with Gasteiger partial charge in [-0.25, -0.2) is 9.97 Å². The van der Waals surface area contributed by atoms with Gasteiger partial charge in [0.05, 0.1) is 28.1 Å². The van der Waals surface area contributed by atoms with Gasteiger partial charge in [0.2, 0.25) is 0 Å². The third kappa shape index (κ3) is 5.00. The van der Waals surface area contributed by atoms with Gasteiger partial charge in [-0.1, -0.05) is 140 Å². The van der Waals surface area contributed by atoms with Gasteiger partial charge in [0.25, 0.3) is 0 Å². The van der Waals surface area contributed by atoms with Gasteiger partial charge in [0, 0.05) is 38.7 Å². The summed E-state index contributed by atoms with van der Waals surface area (Å²) in [5.41, 5.74) is 12.6. The molecule has 0 unspecified atom stereocenters. The van der Waals surface area contributed by atoms with Gasteiger partial charge in [0.1, 0.15) is 5.58 Å². The summed E-state index contributed by atoms with van der Waals surface area (Å²) >= 11 is 0. The van der Waals surface area contributed by atoms with Crippen molar-refractivity contribution in [3.8, 4) is 33.6 Å². The number of aromatic nitrogens is 2. The lowest BCUT2D eigenvalue weighted by Gasteiger charge is -2.25. The van der Waals surface area contributed by atoms with Crippen LogP contribution in [0.1, 0.15) is 0 Å². The average molecular weight is 666 g/mol. The van der Waals surface area contributed by atoms with E-state index in [0.29, 0.717) is 0 Å². The maximum Gasteiger partial charge on any atom is 0.160 e. The molecule has 52 heavy (non-hydrogen) atoms. The van der Waals surface area contributed by atoms with Crippen LogP contribution in [0.3, 0.4) is 0 Å². The number of anilines is 3. The van der Waals surface area contributed by atoms with E-state index in [1.807, 2.05) is 42.5 Å². The fourth-order valence-electron chi connectivity index (χ4n) is 7.42. The fourth-order valence-corrected chi connectivity index (χ4v) is 7.42. The smallest absolute Gasteiger partial charge is 0.160 e. The van der Waals surface area contributed by atoms with Crippen LogP contribution in [0.4, 0.5) is 17.1 Å². The average Bonchev–Trinajstić information content (AvgIpc) is 3.62. The molecule has 0 spiro atoms. The molecule has 10 rings (SSSR count). The molecular formula is C48H31N3O. The number of fused-ring (bicyclic) bond motifs is 6. The summed E-state index contributed by atoms with van der Waals surface area (Å²) in [7, 11) is 0. The minimum Gasteiger partial charge on any atom is -0.454 e. The highest BCUT2D eigenvalue weighted by molar-refractivity contribution is 6.17. The molecule has 4 heteroatoms. The van der Waals surface area contributed by atoms with Crippen molar-refractivity contribution in [3.05, 3.63) is 188 Å². The number of benzene rings is 8. The molecule has 244 valence electrons. The topological polar surface area (TPSA) is 42.2 Å². The Bertz CT molecular complexity index is 2850. The number of furan rings is 1. The summed E-state index contributed by atoms with van der Waals surface area (Å²) in [4.78, 5) is 12.8. The predicted octanol–water partition coefficient (Wildman–Crippen LogP) is 13.2. The Labute approximate surface area is 300 Å². The number of hydrogen-bond acceptors (Lipinski definition) is 4. The highest BCUT2D eigenvalue weighted by Gasteiger charge is 2.22. The van der Waals surface area contributed by atoms with E-state index in [1.165, 1.54) is 0 Å². The number of rotatable bonds is 6. The molecule has 2 heterocycles. The number of nitrogens with zero attached hydrogens (tertiary/aromatic N) is 3. The molecule has 2 aromatic heterocycles. The molecule has 0 radical (unpaired) electrons. The van der Waals surface area contributed by atoms with E-state index in [4.69, 9.17) is 14.4 Å². The molecule has 0 atom stereocenters. The van der Waals surface area contributed by atoms with Crippen LogP contribution in [0.15, 0.2) is 192 Å². The van der Waals surface area contributed by atoms with Gasteiger partial charge < -0.3 is 9.32 Å². The Hall–Kier alpha value is -7.04. The Balaban J connectivity index is 1.18. The van der Waals surface area contributed by atoms with E-state index in [-0.39, 0.29) is 0 Å². The highest BCUT2D eigenvalue weighted by Crippen LogP contribution is 2.46. The first kappa shape index (κ1) is 29.8. The van der Waals surface area contributed by atoms with Gasteiger partial charge in [-0.15, -0.1) is 0 Å². The Morgan fingerprint density at radius 3 is 1.71 bits per heavy atom. The Kier molecular flexibility index (Phi) is 7.10. The van der Waals surface area contributed by atoms with Crippen molar-refractivity contribution >= 4 is 60.8 Å². The second-order valence-corrected chi connectivity index (χ2v) is 13.0. The van der Waals surface area contributed by atoms with Crippen LogP contribution in [0, 0.1) is 0 Å². The van der Waals surface area contributed by atoms with Crippen molar-refractivity contribution in [1.82, 2.24) is 9.97 Å². The van der Waals surface area contributed by atoms with E-state index >= 15 is 0 Å². The standard InChI is InChI=1S/C48H31N3O/c1-5-15-32(16-6-1)45-46(33-17-7-2-8-18-33)50-47-39-27-25-34(31-35(39)26-29-41(47)49-45)38-28-30-42(48-44(38)40-23-13-14-24-43(40)52-48)51(36-19-9-3-10-20-36)37-21-11-4-12-22-37/h1-31H. The van der Waals surface area contributed by atoms with Gasteiger partial charge in [0.15, 0.2) is 5.58 Å². The van der Waals surface area contributed by atoms with Gasteiger partial charge >= 0.3 is 0 Å². The zero-order valence-electron chi connectivity index (χ0n) is 28.1. The molecule has 0 bridgehead atoms. The summed E-state index contributed by atoms with van der Waals surface area (Å²) < 4.78 is 6.76. The molecule has 4 nitrogen and oxygen atoms in total. The van der Waals surface area contributed by atoms with Crippen LogP contribution in [-0.4, -0.2) is 9.97 Å². The van der Waals surface area contributed by atoms with E-state index in [0.717, 1.165) is 94.4 Å². The third-order valence-corrected chi connectivity index (χ3v) is 9.83. The highest BCUT2D eigenvalue weighted by atomic mass is 16.3. The molecule has 0 aliphatic rings. The summed E-state index contributed by atoms with van der Waals surface area (Å²) in [5.74, 6) is 0. The first-order chi connectivity index (χ1) is 25.8. The third-order valence-electron chi connectivity index (χ3n) is 9.83. The van der Waals surface area contributed by atoms with Crippen LogP contribution in [0.2, 0.25) is 0 Å².